The molecule has 0 radical (unpaired) electrons. The SMILES string of the molecule is CC(C)CCOC(C)(C)C(=O)CCOC(C)(C)CCOC(C)(C)/C=C/C(C)(C)CCOC(C)(C)CCCC(C)(C)C. The molecule has 5 heteroatoms. The second kappa shape index (κ2) is 16.9. The van der Waals surface area contributed by atoms with Crippen LogP contribution in [0.15, 0.2) is 12.2 Å². The Hall–Kier alpha value is -0.750. The van der Waals surface area contributed by atoms with Gasteiger partial charge in [0.05, 0.1) is 30.0 Å². The van der Waals surface area contributed by atoms with Crippen molar-refractivity contribution in [3.8, 4) is 0 Å². The van der Waals surface area contributed by atoms with Crippen molar-refractivity contribution in [2.24, 2.45) is 16.7 Å². The molecular formula is C36H70O5. The van der Waals surface area contributed by atoms with E-state index in [0.29, 0.717) is 37.6 Å². The lowest BCUT2D eigenvalue weighted by Crippen LogP contribution is -2.37. The minimum Gasteiger partial charge on any atom is -0.376 e. The minimum absolute atomic E-state index is 0.0172. The maximum absolute atomic E-state index is 12.7. The van der Waals surface area contributed by atoms with Gasteiger partial charge in [-0.25, -0.2) is 0 Å². The van der Waals surface area contributed by atoms with E-state index in [1.165, 1.54) is 12.8 Å². The van der Waals surface area contributed by atoms with E-state index in [0.717, 1.165) is 32.3 Å². The smallest absolute Gasteiger partial charge is 0.166 e. The number of hydrogen-bond donors (Lipinski definition) is 0. The maximum atomic E-state index is 12.7. The summed E-state index contributed by atoms with van der Waals surface area (Å²) in [7, 11) is 0. The topological polar surface area (TPSA) is 54.0 Å². The number of hydrogen-bond acceptors (Lipinski definition) is 5. The molecule has 0 aromatic rings. The molecule has 244 valence electrons. The van der Waals surface area contributed by atoms with Crippen molar-refractivity contribution in [3.05, 3.63) is 12.2 Å². The molecule has 0 fully saturated rings. The van der Waals surface area contributed by atoms with Gasteiger partial charge in [0.15, 0.2) is 5.78 Å². The summed E-state index contributed by atoms with van der Waals surface area (Å²) in [5.74, 6) is 0.640. The molecule has 0 aliphatic carbocycles. The molecule has 0 aliphatic heterocycles. The molecule has 0 rings (SSSR count). The highest BCUT2D eigenvalue weighted by atomic mass is 16.5. The van der Waals surface area contributed by atoms with E-state index in [1.54, 1.807) is 0 Å². The molecule has 0 saturated heterocycles. The van der Waals surface area contributed by atoms with Crippen LogP contribution in [0, 0.1) is 16.7 Å². The lowest BCUT2D eigenvalue weighted by molar-refractivity contribution is -0.143. The van der Waals surface area contributed by atoms with E-state index in [9.17, 15) is 4.79 Å². The molecule has 0 spiro atoms. The van der Waals surface area contributed by atoms with Crippen LogP contribution in [0.3, 0.4) is 0 Å². The molecular weight excluding hydrogens is 512 g/mol. The lowest BCUT2D eigenvalue weighted by atomic mass is 9.87. The first kappa shape index (κ1) is 40.2. The molecule has 0 amide bonds. The van der Waals surface area contributed by atoms with Gasteiger partial charge in [-0.2, -0.15) is 0 Å². The molecule has 0 bridgehead atoms. The number of Topliss-reactive ketones (excluding diaryl/α,β-unsaturated/α-hetero) is 1. The Morgan fingerprint density at radius 3 is 1.71 bits per heavy atom. The second-order valence-electron chi connectivity index (χ2n) is 16.6. The number of ketones is 1. The van der Waals surface area contributed by atoms with Crippen molar-refractivity contribution >= 4 is 5.78 Å². The first-order valence-corrected chi connectivity index (χ1v) is 16.2. The van der Waals surface area contributed by atoms with Gasteiger partial charge in [0.1, 0.15) is 5.60 Å². The van der Waals surface area contributed by atoms with Crippen LogP contribution in [0.5, 0.6) is 0 Å². The van der Waals surface area contributed by atoms with Crippen molar-refractivity contribution in [2.45, 2.75) is 171 Å². The van der Waals surface area contributed by atoms with Crippen LogP contribution in [0.4, 0.5) is 0 Å². The Labute approximate surface area is 255 Å². The van der Waals surface area contributed by atoms with Crippen LogP contribution in [0.25, 0.3) is 0 Å². The summed E-state index contributed by atoms with van der Waals surface area (Å²) in [6, 6.07) is 0. The molecule has 0 atom stereocenters. The fourth-order valence-corrected chi connectivity index (χ4v) is 4.25. The van der Waals surface area contributed by atoms with Gasteiger partial charge in [0.2, 0.25) is 0 Å². The van der Waals surface area contributed by atoms with Crippen molar-refractivity contribution < 1.29 is 23.7 Å². The molecule has 0 aromatic carbocycles. The Kier molecular flexibility index (Phi) is 16.6. The van der Waals surface area contributed by atoms with E-state index in [1.807, 2.05) is 13.8 Å². The van der Waals surface area contributed by atoms with E-state index in [2.05, 4.69) is 102 Å². The molecule has 0 heterocycles. The number of allylic oxidation sites excluding steroid dienone is 1. The first-order valence-electron chi connectivity index (χ1n) is 16.2. The fraction of sp³-hybridized carbons (Fsp3) is 0.917. The van der Waals surface area contributed by atoms with Gasteiger partial charge in [-0.05, 0) is 104 Å². The van der Waals surface area contributed by atoms with E-state index >= 15 is 0 Å². The average molecular weight is 583 g/mol. The first-order chi connectivity index (χ1) is 18.4. The van der Waals surface area contributed by atoms with Crippen LogP contribution in [0.1, 0.15) is 149 Å². The number of carbonyl (C=O) groups excluding carboxylic acids is 1. The standard InChI is InChI=1S/C36H70O5/c1-29(2)17-25-41-36(14,15)30(37)18-26-38-35(12,13)24-28-40-34(10,11)22-21-32(6,7)23-27-39-33(8,9)20-16-19-31(3,4)5/h21-22,29H,16-20,23-28H2,1-15H3/b22-21+. The van der Waals surface area contributed by atoms with Gasteiger partial charge in [-0.15, -0.1) is 0 Å². The third kappa shape index (κ3) is 21.6. The van der Waals surface area contributed by atoms with Gasteiger partial charge in [-0.1, -0.05) is 67.0 Å². The maximum Gasteiger partial charge on any atom is 0.166 e. The van der Waals surface area contributed by atoms with E-state index in [-0.39, 0.29) is 28.0 Å². The van der Waals surface area contributed by atoms with Crippen molar-refractivity contribution in [1.29, 1.82) is 0 Å². The van der Waals surface area contributed by atoms with E-state index in [4.69, 9.17) is 18.9 Å². The Morgan fingerprint density at radius 1 is 0.610 bits per heavy atom. The zero-order valence-corrected chi connectivity index (χ0v) is 30.1. The average Bonchev–Trinajstić information content (AvgIpc) is 2.75. The fourth-order valence-electron chi connectivity index (χ4n) is 4.25. The number of rotatable bonds is 22. The largest absolute Gasteiger partial charge is 0.376 e. The molecule has 41 heavy (non-hydrogen) atoms. The summed E-state index contributed by atoms with van der Waals surface area (Å²) >= 11 is 0. The highest BCUT2D eigenvalue weighted by molar-refractivity contribution is 5.86. The summed E-state index contributed by atoms with van der Waals surface area (Å²) in [4.78, 5) is 12.7. The quantitative estimate of drug-likeness (QED) is 0.119. The van der Waals surface area contributed by atoms with Gasteiger partial charge >= 0.3 is 0 Å². The van der Waals surface area contributed by atoms with Crippen molar-refractivity contribution in [2.75, 3.05) is 26.4 Å². The Morgan fingerprint density at radius 2 is 1.15 bits per heavy atom. The van der Waals surface area contributed by atoms with Crippen LogP contribution in [0.2, 0.25) is 0 Å². The molecule has 0 aliphatic rings. The second-order valence-corrected chi connectivity index (χ2v) is 16.6. The molecule has 0 saturated carbocycles. The zero-order chi connectivity index (χ0) is 32.2. The minimum atomic E-state index is -0.774. The number of ether oxygens (including phenoxy) is 4. The number of carbonyl (C=O) groups is 1. The van der Waals surface area contributed by atoms with Gasteiger partial charge in [0.25, 0.3) is 0 Å². The summed E-state index contributed by atoms with van der Waals surface area (Å²) in [6.07, 6.45) is 10.9. The van der Waals surface area contributed by atoms with Crippen molar-refractivity contribution in [1.82, 2.24) is 0 Å². The zero-order valence-electron chi connectivity index (χ0n) is 30.1. The Bertz CT molecular complexity index is 765. The molecule has 0 unspecified atom stereocenters. The molecule has 0 aromatic heterocycles. The molecule has 0 N–H and O–H groups in total. The normalized spacial score (nSPS) is 14.4. The third-order valence-electron chi connectivity index (χ3n) is 7.71. The van der Waals surface area contributed by atoms with Gasteiger partial charge in [-0.3, -0.25) is 4.79 Å². The van der Waals surface area contributed by atoms with Gasteiger partial charge < -0.3 is 18.9 Å². The van der Waals surface area contributed by atoms with Crippen LogP contribution in [-0.4, -0.2) is 54.6 Å². The summed E-state index contributed by atoms with van der Waals surface area (Å²) in [6.45, 7) is 34.5. The molecule has 5 nitrogen and oxygen atoms in total. The highest BCUT2D eigenvalue weighted by Gasteiger charge is 2.29. The third-order valence-corrected chi connectivity index (χ3v) is 7.71. The highest BCUT2D eigenvalue weighted by Crippen LogP contribution is 2.29. The summed E-state index contributed by atoms with van der Waals surface area (Å²) < 4.78 is 24.5. The van der Waals surface area contributed by atoms with Crippen LogP contribution < -0.4 is 0 Å². The summed E-state index contributed by atoms with van der Waals surface area (Å²) in [5, 5.41) is 0. The predicted molar refractivity (Wildman–Crippen MR) is 175 cm³/mol. The monoisotopic (exact) mass is 583 g/mol. The van der Waals surface area contributed by atoms with Crippen molar-refractivity contribution in [3.63, 3.8) is 0 Å². The van der Waals surface area contributed by atoms with E-state index < -0.39 is 5.60 Å². The van der Waals surface area contributed by atoms with Crippen LogP contribution in [-0.2, 0) is 23.7 Å². The Balaban J connectivity index is 4.52. The van der Waals surface area contributed by atoms with Crippen LogP contribution >= 0.6 is 0 Å². The van der Waals surface area contributed by atoms with Gasteiger partial charge in [0, 0.05) is 19.6 Å². The summed E-state index contributed by atoms with van der Waals surface area (Å²) in [5.41, 5.74) is -1.23. The predicted octanol–water partition coefficient (Wildman–Crippen LogP) is 9.75. The lowest BCUT2D eigenvalue weighted by Gasteiger charge is -2.31.